The molecule has 0 aromatic carbocycles. The van der Waals surface area contributed by atoms with Gasteiger partial charge in [0.05, 0.1) is 6.26 Å². The zero-order valence-electron chi connectivity index (χ0n) is 10.2. The highest BCUT2D eigenvalue weighted by Crippen LogP contribution is 2.26. The second-order valence-corrected chi connectivity index (χ2v) is 6.54. The lowest BCUT2D eigenvalue weighted by Gasteiger charge is -2.27. The summed E-state index contributed by atoms with van der Waals surface area (Å²) in [6, 6.07) is 0. The van der Waals surface area contributed by atoms with Crippen LogP contribution in [0.5, 0.6) is 0 Å². The van der Waals surface area contributed by atoms with Crippen LogP contribution in [-0.2, 0) is 14.8 Å². The molecule has 17 heavy (non-hydrogen) atoms. The van der Waals surface area contributed by atoms with Gasteiger partial charge in [-0.05, 0) is 39.0 Å². The Morgan fingerprint density at radius 3 is 2.59 bits per heavy atom. The first-order chi connectivity index (χ1) is 7.73. The second-order valence-electron chi connectivity index (χ2n) is 4.80. The molecular weight excluding hydrogens is 242 g/mol. The number of sulfonamides is 1. The lowest BCUT2D eigenvalue weighted by atomic mass is 9.88. The Hall–Kier alpha value is -0.880. The zero-order chi connectivity index (χ0) is 13.1. The molecular formula is C11H19NO4S. The predicted molar refractivity (Wildman–Crippen MR) is 65.2 cm³/mol. The Kier molecular flexibility index (Phi) is 4.32. The number of allylic oxidation sites excluding steroid dienone is 1. The van der Waals surface area contributed by atoms with Crippen molar-refractivity contribution in [3.8, 4) is 0 Å². The highest BCUT2D eigenvalue weighted by Gasteiger charge is 2.36. The third-order valence-corrected chi connectivity index (χ3v) is 3.67. The SMILES string of the molecule is CC(CC1=CCCCC1)(NS(C)(=O)=O)C(=O)O. The van der Waals surface area contributed by atoms with Crippen LogP contribution < -0.4 is 4.72 Å². The van der Waals surface area contributed by atoms with E-state index < -0.39 is 21.5 Å². The van der Waals surface area contributed by atoms with Crippen molar-refractivity contribution in [3.63, 3.8) is 0 Å². The maximum absolute atomic E-state index is 11.2. The molecule has 98 valence electrons. The molecule has 0 heterocycles. The summed E-state index contributed by atoms with van der Waals surface area (Å²) in [6.45, 7) is 1.41. The average molecular weight is 261 g/mol. The summed E-state index contributed by atoms with van der Waals surface area (Å²) in [5.41, 5.74) is -0.422. The number of nitrogens with one attached hydrogen (secondary N) is 1. The minimum absolute atomic E-state index is 0.232. The van der Waals surface area contributed by atoms with E-state index in [4.69, 9.17) is 0 Å². The van der Waals surface area contributed by atoms with Crippen LogP contribution in [0.15, 0.2) is 11.6 Å². The van der Waals surface area contributed by atoms with Gasteiger partial charge in [0.15, 0.2) is 0 Å². The Bertz CT molecular complexity index is 427. The predicted octanol–water partition coefficient (Wildman–Crippen LogP) is 1.27. The van der Waals surface area contributed by atoms with E-state index in [1.54, 1.807) is 0 Å². The van der Waals surface area contributed by atoms with Gasteiger partial charge in [0, 0.05) is 0 Å². The van der Waals surface area contributed by atoms with E-state index in [2.05, 4.69) is 4.72 Å². The molecule has 2 N–H and O–H groups in total. The molecule has 0 saturated heterocycles. The van der Waals surface area contributed by atoms with Crippen molar-refractivity contribution in [1.82, 2.24) is 4.72 Å². The van der Waals surface area contributed by atoms with Crippen molar-refractivity contribution < 1.29 is 18.3 Å². The van der Waals surface area contributed by atoms with Crippen LogP contribution >= 0.6 is 0 Å². The number of carboxylic acids is 1. The van der Waals surface area contributed by atoms with Gasteiger partial charge in [-0.2, -0.15) is 4.72 Å². The number of carboxylic acid groups (broad SMARTS) is 1. The van der Waals surface area contributed by atoms with Gasteiger partial charge in [-0.1, -0.05) is 11.6 Å². The first-order valence-electron chi connectivity index (χ1n) is 5.63. The highest BCUT2D eigenvalue weighted by atomic mass is 32.2. The van der Waals surface area contributed by atoms with Gasteiger partial charge in [-0.3, -0.25) is 4.79 Å². The van der Waals surface area contributed by atoms with Crippen molar-refractivity contribution >= 4 is 16.0 Å². The third-order valence-electron chi connectivity index (χ3n) is 2.85. The molecule has 0 aromatic rings. The Morgan fingerprint density at radius 2 is 2.18 bits per heavy atom. The molecule has 0 saturated carbocycles. The van der Waals surface area contributed by atoms with E-state index in [1.807, 2.05) is 6.08 Å². The molecule has 0 amide bonds. The minimum atomic E-state index is -3.54. The maximum Gasteiger partial charge on any atom is 0.324 e. The van der Waals surface area contributed by atoms with Crippen LogP contribution in [0.2, 0.25) is 0 Å². The molecule has 6 heteroatoms. The monoisotopic (exact) mass is 261 g/mol. The number of carbonyl (C=O) groups is 1. The van der Waals surface area contributed by atoms with E-state index in [0.29, 0.717) is 0 Å². The smallest absolute Gasteiger partial charge is 0.324 e. The molecule has 1 unspecified atom stereocenters. The summed E-state index contributed by atoms with van der Waals surface area (Å²) in [4.78, 5) is 11.2. The Morgan fingerprint density at radius 1 is 1.53 bits per heavy atom. The molecule has 1 atom stereocenters. The molecule has 1 aliphatic carbocycles. The van der Waals surface area contributed by atoms with Crippen LogP contribution in [-0.4, -0.2) is 31.3 Å². The lowest BCUT2D eigenvalue weighted by molar-refractivity contribution is -0.143. The number of hydrogen-bond acceptors (Lipinski definition) is 3. The molecule has 0 aromatic heterocycles. The summed E-state index contributed by atoms with van der Waals surface area (Å²) < 4.78 is 24.6. The molecule has 0 radical (unpaired) electrons. The van der Waals surface area contributed by atoms with Crippen molar-refractivity contribution in [2.45, 2.75) is 44.6 Å². The number of hydrogen-bond donors (Lipinski definition) is 2. The number of aliphatic carboxylic acids is 1. The van der Waals surface area contributed by atoms with Crippen molar-refractivity contribution in [2.24, 2.45) is 0 Å². The van der Waals surface area contributed by atoms with Gasteiger partial charge < -0.3 is 5.11 Å². The number of rotatable bonds is 5. The van der Waals surface area contributed by atoms with Crippen LogP contribution in [0, 0.1) is 0 Å². The van der Waals surface area contributed by atoms with Crippen LogP contribution in [0.3, 0.4) is 0 Å². The second kappa shape index (κ2) is 5.18. The van der Waals surface area contributed by atoms with Crippen LogP contribution in [0.4, 0.5) is 0 Å². The molecule has 0 spiro atoms. The first-order valence-corrected chi connectivity index (χ1v) is 7.52. The maximum atomic E-state index is 11.2. The Labute approximate surface area is 102 Å². The minimum Gasteiger partial charge on any atom is -0.480 e. The van der Waals surface area contributed by atoms with Gasteiger partial charge in [0.1, 0.15) is 5.54 Å². The van der Waals surface area contributed by atoms with E-state index in [0.717, 1.165) is 37.5 Å². The van der Waals surface area contributed by atoms with Crippen molar-refractivity contribution in [3.05, 3.63) is 11.6 Å². The summed E-state index contributed by atoms with van der Waals surface area (Å²) >= 11 is 0. The van der Waals surface area contributed by atoms with Gasteiger partial charge in [-0.15, -0.1) is 0 Å². The van der Waals surface area contributed by atoms with Gasteiger partial charge in [-0.25, -0.2) is 8.42 Å². The standard InChI is InChI=1S/C11H19NO4S/c1-11(10(13)14,12-17(2,15)16)8-9-6-4-3-5-7-9/h6,12H,3-5,7-8H2,1-2H3,(H,13,14). The van der Waals surface area contributed by atoms with E-state index >= 15 is 0 Å². The topological polar surface area (TPSA) is 83.5 Å². The Balaban J connectivity index is 2.85. The van der Waals surface area contributed by atoms with E-state index in [1.165, 1.54) is 6.92 Å². The van der Waals surface area contributed by atoms with Crippen LogP contribution in [0.25, 0.3) is 0 Å². The lowest BCUT2D eigenvalue weighted by Crippen LogP contribution is -2.52. The quantitative estimate of drug-likeness (QED) is 0.730. The fourth-order valence-corrected chi connectivity index (χ4v) is 3.06. The highest BCUT2D eigenvalue weighted by molar-refractivity contribution is 7.88. The molecule has 0 fully saturated rings. The molecule has 5 nitrogen and oxygen atoms in total. The molecule has 0 bridgehead atoms. The van der Waals surface area contributed by atoms with Crippen LogP contribution in [0.1, 0.15) is 39.0 Å². The van der Waals surface area contributed by atoms with Gasteiger partial charge >= 0.3 is 5.97 Å². The zero-order valence-corrected chi connectivity index (χ0v) is 11.0. The van der Waals surface area contributed by atoms with Gasteiger partial charge in [0.2, 0.25) is 10.0 Å². The van der Waals surface area contributed by atoms with Crippen molar-refractivity contribution in [2.75, 3.05) is 6.26 Å². The van der Waals surface area contributed by atoms with E-state index in [-0.39, 0.29) is 6.42 Å². The molecule has 0 aliphatic heterocycles. The summed E-state index contributed by atoms with van der Waals surface area (Å²) in [7, 11) is -3.54. The van der Waals surface area contributed by atoms with Crippen molar-refractivity contribution in [1.29, 1.82) is 0 Å². The summed E-state index contributed by atoms with van der Waals surface area (Å²) in [5.74, 6) is -1.14. The molecule has 1 rings (SSSR count). The van der Waals surface area contributed by atoms with Gasteiger partial charge in [0.25, 0.3) is 0 Å². The summed E-state index contributed by atoms with van der Waals surface area (Å²) in [6.07, 6.45) is 7.19. The van der Waals surface area contributed by atoms with E-state index in [9.17, 15) is 18.3 Å². The first kappa shape index (κ1) is 14.2. The third kappa shape index (κ3) is 4.47. The largest absolute Gasteiger partial charge is 0.480 e. The fourth-order valence-electron chi connectivity index (χ4n) is 2.08. The normalized spacial score (nSPS) is 20.5. The average Bonchev–Trinajstić information content (AvgIpc) is 2.15. The fraction of sp³-hybridized carbons (Fsp3) is 0.727. The summed E-state index contributed by atoms with van der Waals surface area (Å²) in [5, 5.41) is 9.17. The molecule has 1 aliphatic rings.